The molecule has 1 aromatic heterocycles. The number of methoxy groups -OCH3 is 2. The number of hydrogen-bond donors (Lipinski definition) is 2. The Balaban J connectivity index is 2.86. The van der Waals surface area contributed by atoms with Crippen LogP contribution in [0.25, 0.3) is 11.1 Å². The van der Waals surface area contributed by atoms with Gasteiger partial charge in [-0.2, -0.15) is 10.5 Å². The van der Waals surface area contributed by atoms with Crippen LogP contribution < -0.4 is 20.8 Å². The number of nitrogens with one attached hydrogen (secondary N) is 1. The lowest BCUT2D eigenvalue weighted by molar-refractivity contribution is -0.384. The molecule has 1 aromatic carbocycles. The van der Waals surface area contributed by atoms with Gasteiger partial charge in [0.25, 0.3) is 11.2 Å². The van der Waals surface area contributed by atoms with E-state index < -0.39 is 34.3 Å². The second kappa shape index (κ2) is 8.41. The molecule has 2 aromatic rings. The van der Waals surface area contributed by atoms with Crippen LogP contribution in [0.3, 0.4) is 0 Å². The number of aromatic amines is 1. The van der Waals surface area contributed by atoms with Crippen LogP contribution in [0.15, 0.2) is 16.9 Å². The quantitative estimate of drug-likeness (QED) is 0.399. The standard InChI is InChI=1S/C17H13N5O7/c1-27-12-3-8(11(22(25)26)4-13(12)29-7-14(23)28-2)15-9(5-18)16(20)21-17(24)10(15)6-19/h3-4H,7H2,1-2H3,(H3,20,21,24). The first-order chi connectivity index (χ1) is 13.8. The van der Waals surface area contributed by atoms with Gasteiger partial charge in [-0.3, -0.25) is 14.9 Å². The van der Waals surface area contributed by atoms with Crippen molar-refractivity contribution < 1.29 is 23.9 Å². The number of benzene rings is 1. The van der Waals surface area contributed by atoms with Gasteiger partial charge in [0.05, 0.1) is 30.8 Å². The van der Waals surface area contributed by atoms with Crippen LogP contribution in [-0.4, -0.2) is 36.7 Å². The normalized spacial score (nSPS) is 9.79. The highest BCUT2D eigenvalue weighted by Gasteiger charge is 2.28. The molecule has 12 nitrogen and oxygen atoms in total. The van der Waals surface area contributed by atoms with E-state index in [2.05, 4.69) is 9.72 Å². The number of nitrogens with zero attached hydrogens (tertiary/aromatic N) is 3. The minimum Gasteiger partial charge on any atom is -0.493 e. The highest BCUT2D eigenvalue weighted by molar-refractivity contribution is 5.87. The number of pyridine rings is 1. The number of hydrogen-bond acceptors (Lipinski definition) is 10. The van der Waals surface area contributed by atoms with E-state index in [-0.39, 0.29) is 34.0 Å². The lowest BCUT2D eigenvalue weighted by Crippen LogP contribution is -2.17. The largest absolute Gasteiger partial charge is 0.493 e. The summed E-state index contributed by atoms with van der Waals surface area (Å²) in [4.78, 5) is 36.4. The molecule has 0 bridgehead atoms. The molecule has 2 rings (SSSR count). The van der Waals surface area contributed by atoms with E-state index in [1.807, 2.05) is 0 Å². The van der Waals surface area contributed by atoms with Crippen LogP contribution in [0.2, 0.25) is 0 Å². The van der Waals surface area contributed by atoms with Gasteiger partial charge in [-0.15, -0.1) is 0 Å². The molecule has 0 fully saturated rings. The number of carbonyl (C=O) groups is 1. The first-order valence-corrected chi connectivity index (χ1v) is 7.71. The minimum atomic E-state index is -0.918. The highest BCUT2D eigenvalue weighted by Crippen LogP contribution is 2.42. The summed E-state index contributed by atoms with van der Waals surface area (Å²) in [6, 6.07) is 5.41. The number of carbonyl (C=O) groups excluding carboxylic acids is 1. The third kappa shape index (κ3) is 3.91. The zero-order valence-electron chi connectivity index (χ0n) is 15.1. The summed E-state index contributed by atoms with van der Waals surface area (Å²) in [5.74, 6) is -1.31. The monoisotopic (exact) mass is 399 g/mol. The average Bonchev–Trinajstić information content (AvgIpc) is 2.70. The number of nitro groups is 1. The van der Waals surface area contributed by atoms with Gasteiger partial charge < -0.3 is 24.9 Å². The topological polar surface area (TPSA) is 194 Å². The van der Waals surface area contributed by atoms with Crippen LogP contribution >= 0.6 is 0 Å². The van der Waals surface area contributed by atoms with Gasteiger partial charge >= 0.3 is 5.97 Å². The van der Waals surface area contributed by atoms with Gasteiger partial charge in [-0.05, 0) is 6.07 Å². The minimum absolute atomic E-state index is 0.0545. The van der Waals surface area contributed by atoms with Gasteiger partial charge in [0.15, 0.2) is 18.1 Å². The van der Waals surface area contributed by atoms with E-state index in [4.69, 9.17) is 15.2 Å². The highest BCUT2D eigenvalue weighted by atomic mass is 16.6. The van der Waals surface area contributed by atoms with Gasteiger partial charge in [-0.1, -0.05) is 0 Å². The number of nitrogen functional groups attached to an aromatic ring is 1. The fraction of sp³-hybridized carbons (Fsp3) is 0.176. The molecule has 3 N–H and O–H groups in total. The van der Waals surface area contributed by atoms with Crippen molar-refractivity contribution in [3.8, 4) is 34.8 Å². The molecule has 0 atom stereocenters. The third-order valence-electron chi connectivity index (χ3n) is 3.79. The fourth-order valence-electron chi connectivity index (χ4n) is 2.48. The number of aromatic nitrogens is 1. The van der Waals surface area contributed by atoms with Crippen molar-refractivity contribution in [2.24, 2.45) is 0 Å². The van der Waals surface area contributed by atoms with Crippen molar-refractivity contribution in [2.75, 3.05) is 26.6 Å². The molecule has 1 heterocycles. The Bertz CT molecular complexity index is 1140. The Morgan fingerprint density at radius 2 is 1.90 bits per heavy atom. The van der Waals surface area contributed by atoms with Crippen molar-refractivity contribution in [1.82, 2.24) is 4.98 Å². The van der Waals surface area contributed by atoms with Crippen LogP contribution in [0.1, 0.15) is 11.1 Å². The Morgan fingerprint density at radius 3 is 2.41 bits per heavy atom. The molecular formula is C17H13N5O7. The van der Waals surface area contributed by atoms with E-state index >= 15 is 0 Å². The summed E-state index contributed by atoms with van der Waals surface area (Å²) >= 11 is 0. The van der Waals surface area contributed by atoms with E-state index in [0.717, 1.165) is 19.2 Å². The smallest absolute Gasteiger partial charge is 0.343 e. The number of esters is 1. The maximum Gasteiger partial charge on any atom is 0.343 e. The van der Waals surface area contributed by atoms with E-state index in [0.29, 0.717) is 0 Å². The van der Waals surface area contributed by atoms with Crippen molar-refractivity contribution in [2.45, 2.75) is 0 Å². The Kier molecular flexibility index (Phi) is 6.01. The molecule has 0 saturated carbocycles. The summed E-state index contributed by atoms with van der Waals surface area (Å²) in [6.07, 6.45) is 0. The first kappa shape index (κ1) is 20.7. The lowest BCUT2D eigenvalue weighted by atomic mass is 9.95. The first-order valence-electron chi connectivity index (χ1n) is 7.71. The molecule has 29 heavy (non-hydrogen) atoms. The molecule has 12 heteroatoms. The lowest BCUT2D eigenvalue weighted by Gasteiger charge is -2.14. The Labute approximate surface area is 162 Å². The summed E-state index contributed by atoms with van der Waals surface area (Å²) in [7, 11) is 2.37. The maximum absolute atomic E-state index is 12.1. The molecule has 0 saturated heterocycles. The molecule has 148 valence electrons. The zero-order valence-corrected chi connectivity index (χ0v) is 15.1. The number of H-pyrrole nitrogens is 1. The van der Waals surface area contributed by atoms with Crippen molar-refractivity contribution in [3.05, 3.63) is 43.7 Å². The number of nitro benzene ring substituents is 1. The molecular weight excluding hydrogens is 386 g/mol. The predicted octanol–water partition coefficient (Wildman–Crippen LogP) is 0.836. The van der Waals surface area contributed by atoms with Crippen LogP contribution in [0.5, 0.6) is 11.5 Å². The predicted molar refractivity (Wildman–Crippen MR) is 97.1 cm³/mol. The summed E-state index contributed by atoms with van der Waals surface area (Å²) < 4.78 is 14.8. The van der Waals surface area contributed by atoms with Gasteiger partial charge in [0.1, 0.15) is 29.1 Å². The van der Waals surface area contributed by atoms with E-state index in [9.17, 15) is 30.2 Å². The summed E-state index contributed by atoms with van der Waals surface area (Å²) in [5, 5.41) is 30.4. The number of nitriles is 2. The fourth-order valence-corrected chi connectivity index (χ4v) is 2.48. The second-order valence-electron chi connectivity index (χ2n) is 5.36. The Morgan fingerprint density at radius 1 is 1.24 bits per heavy atom. The van der Waals surface area contributed by atoms with Crippen LogP contribution in [0, 0.1) is 32.8 Å². The number of rotatable bonds is 6. The number of ether oxygens (including phenoxy) is 3. The Hall–Kier alpha value is -4.58. The van der Waals surface area contributed by atoms with Crippen LogP contribution in [0.4, 0.5) is 11.5 Å². The zero-order chi connectivity index (χ0) is 21.7. The van der Waals surface area contributed by atoms with Crippen LogP contribution in [-0.2, 0) is 9.53 Å². The van der Waals surface area contributed by atoms with Crippen molar-refractivity contribution in [3.63, 3.8) is 0 Å². The molecule has 0 aliphatic heterocycles. The van der Waals surface area contributed by atoms with E-state index in [1.54, 1.807) is 12.1 Å². The SMILES string of the molecule is COC(=O)COc1cc([N+](=O)[O-])c(-c2c(C#N)c(N)[nH]c(=O)c2C#N)cc1OC. The molecule has 0 aliphatic rings. The molecule has 0 unspecified atom stereocenters. The summed E-state index contributed by atoms with van der Waals surface area (Å²) in [5.41, 5.74) is 2.68. The average molecular weight is 399 g/mol. The van der Waals surface area contributed by atoms with Gasteiger partial charge in [-0.25, -0.2) is 4.79 Å². The van der Waals surface area contributed by atoms with Crippen molar-refractivity contribution >= 4 is 17.5 Å². The molecule has 0 amide bonds. The molecule has 0 aliphatic carbocycles. The summed E-state index contributed by atoms with van der Waals surface area (Å²) in [6.45, 7) is -0.547. The van der Waals surface area contributed by atoms with E-state index in [1.165, 1.54) is 7.11 Å². The number of anilines is 1. The molecule has 0 spiro atoms. The maximum atomic E-state index is 12.1. The van der Waals surface area contributed by atoms with Crippen molar-refractivity contribution in [1.29, 1.82) is 10.5 Å². The number of nitrogens with two attached hydrogens (primary N) is 1. The second-order valence-corrected chi connectivity index (χ2v) is 5.36. The molecule has 0 radical (unpaired) electrons. The van der Waals surface area contributed by atoms with Gasteiger partial charge in [0, 0.05) is 5.56 Å². The van der Waals surface area contributed by atoms with Gasteiger partial charge in [0.2, 0.25) is 0 Å². The third-order valence-corrected chi connectivity index (χ3v) is 3.79.